The van der Waals surface area contributed by atoms with Crippen LogP contribution in [0.3, 0.4) is 0 Å². The van der Waals surface area contributed by atoms with Gasteiger partial charge in [-0.05, 0) is 32.9 Å². The molecule has 110 valence electrons. The van der Waals surface area contributed by atoms with E-state index in [1.54, 1.807) is 13.8 Å². The largest absolute Gasteiger partial charge is 0.356 e. The number of amides is 3. The van der Waals surface area contributed by atoms with Gasteiger partial charge in [0.05, 0.1) is 11.6 Å². The number of hydrogen-bond acceptors (Lipinski definition) is 3. The second-order valence-corrected chi connectivity index (χ2v) is 4.91. The Hall–Kier alpha value is -2.18. The van der Waals surface area contributed by atoms with E-state index in [2.05, 4.69) is 20.9 Å². The van der Waals surface area contributed by atoms with Gasteiger partial charge in [-0.15, -0.1) is 0 Å². The molecule has 1 rings (SSSR count). The molecule has 6 nitrogen and oxygen atoms in total. The Morgan fingerprint density at radius 1 is 1.30 bits per heavy atom. The number of urea groups is 1. The van der Waals surface area contributed by atoms with Crippen molar-refractivity contribution in [3.8, 4) is 0 Å². The van der Waals surface area contributed by atoms with Crippen molar-refractivity contribution in [2.45, 2.75) is 20.8 Å². The first-order chi connectivity index (χ1) is 9.35. The van der Waals surface area contributed by atoms with Crippen LogP contribution in [0.15, 0.2) is 18.3 Å². The molecule has 0 aliphatic rings. The minimum absolute atomic E-state index is 0.139. The average Bonchev–Trinajstić information content (AvgIpc) is 2.39. The normalized spacial score (nSPS) is 10.8. The predicted octanol–water partition coefficient (Wildman–Crippen LogP) is 1.50. The third-order valence-electron chi connectivity index (χ3n) is 2.61. The van der Waals surface area contributed by atoms with E-state index in [4.69, 9.17) is 0 Å². The highest BCUT2D eigenvalue weighted by Gasteiger charge is 2.27. The van der Waals surface area contributed by atoms with Crippen molar-refractivity contribution in [3.05, 3.63) is 24.1 Å². The number of rotatable bonds is 5. The van der Waals surface area contributed by atoms with E-state index in [0.717, 1.165) is 6.20 Å². The molecule has 0 fully saturated rings. The van der Waals surface area contributed by atoms with Gasteiger partial charge in [0.15, 0.2) is 0 Å². The number of nitrogens with zero attached hydrogens (tertiary/aromatic N) is 1. The molecule has 20 heavy (non-hydrogen) atoms. The number of halogens is 1. The molecule has 1 aromatic rings. The predicted molar refractivity (Wildman–Crippen MR) is 73.7 cm³/mol. The third-order valence-corrected chi connectivity index (χ3v) is 2.61. The van der Waals surface area contributed by atoms with Crippen molar-refractivity contribution in [3.63, 3.8) is 0 Å². The SMILES string of the molecule is CCNC(=O)C(C)(C)CNC(=O)Nc1ccc(F)cn1. The van der Waals surface area contributed by atoms with Crippen LogP contribution < -0.4 is 16.0 Å². The van der Waals surface area contributed by atoms with Gasteiger partial charge in [0, 0.05) is 13.1 Å². The molecule has 0 aliphatic heterocycles. The summed E-state index contributed by atoms with van der Waals surface area (Å²) in [5, 5.41) is 7.73. The van der Waals surface area contributed by atoms with Crippen molar-refractivity contribution < 1.29 is 14.0 Å². The first-order valence-corrected chi connectivity index (χ1v) is 6.30. The quantitative estimate of drug-likeness (QED) is 0.765. The van der Waals surface area contributed by atoms with Crippen molar-refractivity contribution in [2.24, 2.45) is 5.41 Å². The fraction of sp³-hybridized carbons (Fsp3) is 0.462. The van der Waals surface area contributed by atoms with Crippen LogP contribution in [0.2, 0.25) is 0 Å². The van der Waals surface area contributed by atoms with Crippen molar-refractivity contribution in [2.75, 3.05) is 18.4 Å². The van der Waals surface area contributed by atoms with E-state index < -0.39 is 17.3 Å². The van der Waals surface area contributed by atoms with Gasteiger partial charge in [-0.1, -0.05) is 0 Å². The molecule has 3 N–H and O–H groups in total. The summed E-state index contributed by atoms with van der Waals surface area (Å²) in [6.07, 6.45) is 1.01. The molecule has 0 aromatic carbocycles. The maximum atomic E-state index is 12.7. The third kappa shape index (κ3) is 4.83. The highest BCUT2D eigenvalue weighted by Crippen LogP contribution is 2.13. The van der Waals surface area contributed by atoms with E-state index in [0.29, 0.717) is 6.54 Å². The van der Waals surface area contributed by atoms with Gasteiger partial charge in [0.2, 0.25) is 5.91 Å². The van der Waals surface area contributed by atoms with Gasteiger partial charge < -0.3 is 10.6 Å². The van der Waals surface area contributed by atoms with Crippen molar-refractivity contribution in [1.29, 1.82) is 0 Å². The Kier molecular flexibility index (Phi) is 5.42. The Morgan fingerprint density at radius 3 is 2.55 bits per heavy atom. The van der Waals surface area contributed by atoms with E-state index in [1.165, 1.54) is 12.1 Å². The van der Waals surface area contributed by atoms with Crippen LogP contribution in [0.25, 0.3) is 0 Å². The smallest absolute Gasteiger partial charge is 0.320 e. The molecular weight excluding hydrogens is 263 g/mol. The number of carbonyl (C=O) groups excluding carboxylic acids is 2. The van der Waals surface area contributed by atoms with Gasteiger partial charge in [-0.25, -0.2) is 14.2 Å². The van der Waals surface area contributed by atoms with E-state index >= 15 is 0 Å². The Balaban J connectivity index is 2.47. The number of nitrogens with one attached hydrogen (secondary N) is 3. The van der Waals surface area contributed by atoms with Gasteiger partial charge in [-0.3, -0.25) is 10.1 Å². The first kappa shape index (κ1) is 15.9. The first-order valence-electron chi connectivity index (χ1n) is 6.30. The Bertz CT molecular complexity index is 474. The zero-order valence-electron chi connectivity index (χ0n) is 11.8. The zero-order valence-corrected chi connectivity index (χ0v) is 11.8. The Morgan fingerprint density at radius 2 is 2.00 bits per heavy atom. The van der Waals surface area contributed by atoms with E-state index in [-0.39, 0.29) is 18.3 Å². The summed E-state index contributed by atoms with van der Waals surface area (Å²) in [5.41, 5.74) is -0.719. The number of pyridine rings is 1. The maximum absolute atomic E-state index is 12.7. The van der Waals surface area contributed by atoms with Crippen LogP contribution in [0.5, 0.6) is 0 Å². The number of carbonyl (C=O) groups is 2. The highest BCUT2D eigenvalue weighted by molar-refractivity contribution is 5.89. The second-order valence-electron chi connectivity index (χ2n) is 4.91. The molecule has 1 aromatic heterocycles. The molecule has 0 bridgehead atoms. The summed E-state index contributed by atoms with van der Waals surface area (Å²) >= 11 is 0. The lowest BCUT2D eigenvalue weighted by molar-refractivity contribution is -0.128. The lowest BCUT2D eigenvalue weighted by Gasteiger charge is -2.23. The van der Waals surface area contributed by atoms with Crippen LogP contribution in [0, 0.1) is 11.2 Å². The van der Waals surface area contributed by atoms with Crippen molar-refractivity contribution in [1.82, 2.24) is 15.6 Å². The molecule has 0 saturated heterocycles. The molecule has 0 atom stereocenters. The van der Waals surface area contributed by atoms with Crippen LogP contribution in [-0.4, -0.2) is 30.0 Å². The summed E-state index contributed by atoms with van der Waals surface area (Å²) in [7, 11) is 0. The standard InChI is InChI=1S/C13H19FN4O2/c1-4-15-11(19)13(2,3)8-17-12(20)18-10-6-5-9(14)7-16-10/h5-7H,4,8H2,1-3H3,(H,15,19)(H2,16,17,18,20). The molecule has 0 aliphatic carbocycles. The number of hydrogen-bond donors (Lipinski definition) is 3. The molecule has 0 spiro atoms. The van der Waals surface area contributed by atoms with E-state index in [1.807, 2.05) is 6.92 Å². The topological polar surface area (TPSA) is 83.1 Å². The van der Waals surface area contributed by atoms with Crippen molar-refractivity contribution >= 4 is 17.8 Å². The fourth-order valence-electron chi connectivity index (χ4n) is 1.39. The molecule has 0 unspecified atom stereocenters. The molecule has 0 radical (unpaired) electrons. The monoisotopic (exact) mass is 282 g/mol. The zero-order chi connectivity index (χ0) is 15.2. The average molecular weight is 282 g/mol. The minimum atomic E-state index is -0.719. The fourth-order valence-corrected chi connectivity index (χ4v) is 1.39. The van der Waals surface area contributed by atoms with Crippen LogP contribution in [0.1, 0.15) is 20.8 Å². The summed E-state index contributed by atoms with van der Waals surface area (Å²) in [4.78, 5) is 27.1. The lowest BCUT2D eigenvalue weighted by Crippen LogP contribution is -2.45. The highest BCUT2D eigenvalue weighted by atomic mass is 19.1. The maximum Gasteiger partial charge on any atom is 0.320 e. The molecule has 3 amide bonds. The van der Waals surface area contributed by atoms with Gasteiger partial charge in [-0.2, -0.15) is 0 Å². The lowest BCUT2D eigenvalue weighted by atomic mass is 9.92. The molecule has 0 saturated carbocycles. The van der Waals surface area contributed by atoms with Crippen LogP contribution >= 0.6 is 0 Å². The van der Waals surface area contributed by atoms with E-state index in [9.17, 15) is 14.0 Å². The molecular formula is C13H19FN4O2. The minimum Gasteiger partial charge on any atom is -0.356 e. The molecule has 7 heteroatoms. The number of anilines is 1. The Labute approximate surface area is 117 Å². The van der Waals surface area contributed by atoms with Gasteiger partial charge in [0.1, 0.15) is 11.6 Å². The summed E-state index contributed by atoms with van der Waals surface area (Å²) in [6.45, 7) is 6.00. The number of aromatic nitrogens is 1. The summed E-state index contributed by atoms with van der Waals surface area (Å²) in [6, 6.07) is 2.05. The summed E-state index contributed by atoms with van der Waals surface area (Å²) < 4.78 is 12.7. The molecule has 1 heterocycles. The van der Waals surface area contributed by atoms with Gasteiger partial charge >= 0.3 is 6.03 Å². The summed E-state index contributed by atoms with van der Waals surface area (Å²) in [5.74, 6) is -0.381. The second kappa shape index (κ2) is 6.83. The van der Waals surface area contributed by atoms with Crippen LogP contribution in [-0.2, 0) is 4.79 Å². The van der Waals surface area contributed by atoms with Crippen LogP contribution in [0.4, 0.5) is 15.0 Å². The van der Waals surface area contributed by atoms with Gasteiger partial charge in [0.25, 0.3) is 0 Å².